The summed E-state index contributed by atoms with van der Waals surface area (Å²) in [4.78, 5) is 0. The smallest absolute Gasteiger partial charge is 0.231 e. The average Bonchev–Trinajstić information content (AvgIpc) is 3.18. The molecule has 4 rings (SSSR count). The molecule has 3 aromatic carbocycles. The van der Waals surface area contributed by atoms with Crippen molar-refractivity contribution in [2.45, 2.75) is 13.2 Å². The summed E-state index contributed by atoms with van der Waals surface area (Å²) in [6.07, 6.45) is 0. The Morgan fingerprint density at radius 1 is 0.964 bits per heavy atom. The summed E-state index contributed by atoms with van der Waals surface area (Å²) in [5.74, 6) is 2.88. The number of ether oxygens (including phenoxy) is 4. The molecule has 0 fully saturated rings. The van der Waals surface area contributed by atoms with Gasteiger partial charge in [-0.15, -0.1) is 0 Å². The fourth-order valence-electron chi connectivity index (χ4n) is 3.00. The first-order chi connectivity index (χ1) is 13.7. The van der Waals surface area contributed by atoms with Gasteiger partial charge in [0.15, 0.2) is 23.0 Å². The van der Waals surface area contributed by atoms with Crippen LogP contribution in [0.15, 0.2) is 65.1 Å². The second kappa shape index (κ2) is 8.44. The molecule has 0 saturated heterocycles. The minimum Gasteiger partial charge on any atom is -0.493 e. The first-order valence-corrected chi connectivity index (χ1v) is 9.69. The summed E-state index contributed by atoms with van der Waals surface area (Å²) in [6, 6.07) is 19.8. The van der Waals surface area contributed by atoms with Crippen molar-refractivity contribution in [3.8, 4) is 23.0 Å². The SMILES string of the molecule is COc1cccc(CNc2ccccc2)c1OCc1cc2c(cc1Br)OCO2. The first kappa shape index (κ1) is 18.5. The highest BCUT2D eigenvalue weighted by atomic mass is 79.9. The molecule has 0 aromatic heterocycles. The van der Waals surface area contributed by atoms with E-state index in [1.54, 1.807) is 7.11 Å². The van der Waals surface area contributed by atoms with Crippen molar-refractivity contribution in [1.82, 2.24) is 0 Å². The number of nitrogens with one attached hydrogen (secondary N) is 1. The van der Waals surface area contributed by atoms with Gasteiger partial charge in [0, 0.05) is 27.8 Å². The van der Waals surface area contributed by atoms with E-state index in [1.807, 2.05) is 60.7 Å². The van der Waals surface area contributed by atoms with Crippen LogP contribution in [0.5, 0.6) is 23.0 Å². The highest BCUT2D eigenvalue weighted by Crippen LogP contribution is 2.38. The zero-order valence-corrected chi connectivity index (χ0v) is 17.0. The second-order valence-electron chi connectivity index (χ2n) is 6.25. The van der Waals surface area contributed by atoms with Crippen LogP contribution in [0.3, 0.4) is 0 Å². The van der Waals surface area contributed by atoms with Crippen molar-refractivity contribution < 1.29 is 18.9 Å². The lowest BCUT2D eigenvalue weighted by molar-refractivity contribution is 0.174. The molecular formula is C22H20BrNO4. The van der Waals surface area contributed by atoms with Crippen molar-refractivity contribution >= 4 is 21.6 Å². The normalized spacial score (nSPS) is 11.9. The predicted molar refractivity (Wildman–Crippen MR) is 111 cm³/mol. The van der Waals surface area contributed by atoms with E-state index in [0.29, 0.717) is 18.9 Å². The Balaban J connectivity index is 1.53. The van der Waals surface area contributed by atoms with Gasteiger partial charge in [0.25, 0.3) is 0 Å². The van der Waals surface area contributed by atoms with Crippen LogP contribution in [0.25, 0.3) is 0 Å². The molecule has 0 unspecified atom stereocenters. The van der Waals surface area contributed by atoms with Crippen molar-refractivity contribution in [3.05, 3.63) is 76.3 Å². The lowest BCUT2D eigenvalue weighted by atomic mass is 10.1. The van der Waals surface area contributed by atoms with Crippen molar-refractivity contribution in [1.29, 1.82) is 0 Å². The van der Waals surface area contributed by atoms with Gasteiger partial charge in [-0.1, -0.05) is 46.3 Å². The van der Waals surface area contributed by atoms with Crippen LogP contribution >= 0.6 is 15.9 Å². The molecule has 3 aromatic rings. The summed E-state index contributed by atoms with van der Waals surface area (Å²) >= 11 is 3.58. The van der Waals surface area contributed by atoms with Gasteiger partial charge >= 0.3 is 0 Å². The number of fused-ring (bicyclic) bond motifs is 1. The molecule has 1 aliphatic rings. The molecule has 1 aliphatic heterocycles. The maximum atomic E-state index is 6.18. The molecular weight excluding hydrogens is 422 g/mol. The molecule has 0 spiro atoms. The fraction of sp³-hybridized carbons (Fsp3) is 0.182. The van der Waals surface area contributed by atoms with Crippen molar-refractivity contribution in [3.63, 3.8) is 0 Å². The molecule has 1 heterocycles. The van der Waals surface area contributed by atoms with Crippen LogP contribution in [-0.2, 0) is 13.2 Å². The number of methoxy groups -OCH3 is 1. The zero-order valence-electron chi connectivity index (χ0n) is 15.4. The van der Waals surface area contributed by atoms with Crippen molar-refractivity contribution in [2.75, 3.05) is 19.2 Å². The molecule has 5 nitrogen and oxygen atoms in total. The van der Waals surface area contributed by atoms with E-state index in [9.17, 15) is 0 Å². The maximum Gasteiger partial charge on any atom is 0.231 e. The largest absolute Gasteiger partial charge is 0.493 e. The Hall–Kier alpha value is -2.86. The van der Waals surface area contributed by atoms with Crippen molar-refractivity contribution in [2.24, 2.45) is 0 Å². The third-order valence-corrected chi connectivity index (χ3v) is 5.19. The van der Waals surface area contributed by atoms with Crippen LogP contribution in [0.1, 0.15) is 11.1 Å². The molecule has 0 radical (unpaired) electrons. The monoisotopic (exact) mass is 441 g/mol. The van der Waals surface area contributed by atoms with Gasteiger partial charge in [-0.3, -0.25) is 0 Å². The number of anilines is 1. The number of benzene rings is 3. The maximum absolute atomic E-state index is 6.18. The van der Waals surface area contributed by atoms with Crippen LogP contribution in [0, 0.1) is 0 Å². The third-order valence-electron chi connectivity index (χ3n) is 4.45. The summed E-state index contributed by atoms with van der Waals surface area (Å²) in [5.41, 5.74) is 3.03. The van der Waals surface area contributed by atoms with E-state index in [2.05, 4.69) is 21.2 Å². The number of para-hydroxylation sites is 2. The van der Waals surface area contributed by atoms with Crippen LogP contribution in [-0.4, -0.2) is 13.9 Å². The van der Waals surface area contributed by atoms with Gasteiger partial charge in [-0.25, -0.2) is 0 Å². The Bertz CT molecular complexity index is 962. The zero-order chi connectivity index (χ0) is 19.3. The van der Waals surface area contributed by atoms with Gasteiger partial charge in [0.05, 0.1) is 7.11 Å². The molecule has 0 saturated carbocycles. The van der Waals surface area contributed by atoms with E-state index in [0.717, 1.165) is 38.5 Å². The third kappa shape index (κ3) is 4.02. The minimum absolute atomic E-state index is 0.244. The lowest BCUT2D eigenvalue weighted by Gasteiger charge is -2.17. The number of rotatable bonds is 7. The second-order valence-corrected chi connectivity index (χ2v) is 7.11. The van der Waals surface area contributed by atoms with Gasteiger partial charge in [-0.2, -0.15) is 0 Å². The van der Waals surface area contributed by atoms with Crippen LogP contribution < -0.4 is 24.3 Å². The Morgan fingerprint density at radius 2 is 1.75 bits per heavy atom. The Labute approximate surface area is 172 Å². The molecule has 1 N–H and O–H groups in total. The van der Waals surface area contributed by atoms with E-state index >= 15 is 0 Å². The highest BCUT2D eigenvalue weighted by molar-refractivity contribution is 9.10. The fourth-order valence-corrected chi connectivity index (χ4v) is 3.43. The summed E-state index contributed by atoms with van der Waals surface area (Å²) in [5, 5.41) is 3.41. The van der Waals surface area contributed by atoms with Crippen LogP contribution in [0.4, 0.5) is 5.69 Å². The molecule has 0 atom stereocenters. The number of hydrogen-bond donors (Lipinski definition) is 1. The highest BCUT2D eigenvalue weighted by Gasteiger charge is 2.18. The first-order valence-electron chi connectivity index (χ1n) is 8.90. The summed E-state index contributed by atoms with van der Waals surface area (Å²) < 4.78 is 23.5. The molecule has 28 heavy (non-hydrogen) atoms. The predicted octanol–water partition coefficient (Wildman–Crippen LogP) is 5.38. The average molecular weight is 442 g/mol. The van der Waals surface area contributed by atoms with Gasteiger partial charge in [0.2, 0.25) is 6.79 Å². The van der Waals surface area contributed by atoms with Gasteiger partial charge < -0.3 is 24.3 Å². The van der Waals surface area contributed by atoms with Gasteiger partial charge in [-0.05, 0) is 30.3 Å². The number of halogens is 1. The molecule has 144 valence electrons. The number of hydrogen-bond acceptors (Lipinski definition) is 5. The molecule has 0 bridgehead atoms. The van der Waals surface area contributed by atoms with Crippen LogP contribution in [0.2, 0.25) is 0 Å². The lowest BCUT2D eigenvalue weighted by Crippen LogP contribution is -2.05. The van der Waals surface area contributed by atoms with E-state index in [-0.39, 0.29) is 6.79 Å². The van der Waals surface area contributed by atoms with E-state index in [4.69, 9.17) is 18.9 Å². The standard InChI is InChI=1S/C22H20BrNO4/c1-25-19-9-5-6-15(12-24-17-7-3-2-4-8-17)22(19)26-13-16-10-20-21(11-18(16)23)28-14-27-20/h2-11,24H,12-14H2,1H3. The summed E-state index contributed by atoms with van der Waals surface area (Å²) in [6.45, 7) is 1.24. The van der Waals surface area contributed by atoms with E-state index in [1.165, 1.54) is 0 Å². The quantitative estimate of drug-likeness (QED) is 0.533. The molecule has 0 amide bonds. The topological polar surface area (TPSA) is 49.0 Å². The van der Waals surface area contributed by atoms with E-state index < -0.39 is 0 Å². The Morgan fingerprint density at radius 3 is 2.54 bits per heavy atom. The Kier molecular flexibility index (Phi) is 5.58. The molecule has 0 aliphatic carbocycles. The summed E-state index contributed by atoms with van der Waals surface area (Å²) in [7, 11) is 1.65. The van der Waals surface area contributed by atoms with Gasteiger partial charge in [0.1, 0.15) is 6.61 Å². The minimum atomic E-state index is 0.244. The molecule has 6 heteroatoms.